The lowest BCUT2D eigenvalue weighted by Crippen LogP contribution is -2.28. The second-order valence-corrected chi connectivity index (χ2v) is 20.7. The van der Waals surface area contributed by atoms with Gasteiger partial charge in [-0.2, -0.15) is 5.10 Å². The molecule has 4 N–H and O–H groups in total. The molecule has 378 valence electrons. The summed E-state index contributed by atoms with van der Waals surface area (Å²) in [7, 11) is -3.32. The van der Waals surface area contributed by atoms with E-state index in [-0.39, 0.29) is 41.4 Å². The number of nitrogens with zero attached hydrogens (tertiary/aromatic N) is 3. The van der Waals surface area contributed by atoms with Crippen LogP contribution in [0.2, 0.25) is 0 Å². The molecule has 0 saturated heterocycles. The lowest BCUT2D eigenvalue weighted by atomic mass is 9.94. The molecule has 0 spiro atoms. The number of amides is 2. The number of pyridine rings is 2. The van der Waals surface area contributed by atoms with E-state index in [9.17, 15) is 35.6 Å². The van der Waals surface area contributed by atoms with Crippen molar-refractivity contribution in [2.24, 2.45) is 0 Å². The van der Waals surface area contributed by atoms with E-state index < -0.39 is 33.4 Å². The van der Waals surface area contributed by atoms with Gasteiger partial charge in [-0.1, -0.05) is 91.0 Å². The second kappa shape index (κ2) is 17.5. The monoisotopic (exact) mass is 1040 g/mol. The van der Waals surface area contributed by atoms with Gasteiger partial charge in [-0.3, -0.25) is 14.7 Å². The van der Waals surface area contributed by atoms with Crippen LogP contribution in [0, 0.1) is 0 Å². The first-order chi connectivity index (χ1) is 35.9. The van der Waals surface area contributed by atoms with Crippen LogP contribution < -0.4 is 34.3 Å². The van der Waals surface area contributed by atoms with E-state index >= 15 is 0 Å². The zero-order valence-corrected chi connectivity index (χ0v) is 40.2. The van der Waals surface area contributed by atoms with Crippen LogP contribution in [-0.2, 0) is 37.0 Å². The highest BCUT2D eigenvalue weighted by molar-refractivity contribution is 7.88. The fourth-order valence-electron chi connectivity index (χ4n) is 9.56. The molecule has 75 heavy (non-hydrogen) atoms. The predicted molar refractivity (Wildman–Crippen MR) is 270 cm³/mol. The number of carbonyl (C=O) groups excluding carboxylic acids is 2. The predicted octanol–water partition coefficient (Wildman–Crippen LogP) is 10.7. The Hall–Kier alpha value is -8.62. The zero-order valence-electron chi connectivity index (χ0n) is 39.4. The van der Waals surface area contributed by atoms with Crippen LogP contribution in [0.25, 0.3) is 55.0 Å². The van der Waals surface area contributed by atoms with Crippen LogP contribution in [0.15, 0.2) is 146 Å². The van der Waals surface area contributed by atoms with Crippen molar-refractivity contribution in [3.63, 3.8) is 0 Å². The highest BCUT2D eigenvalue weighted by Gasteiger charge is 2.54. The Morgan fingerprint density at radius 1 is 0.573 bits per heavy atom. The van der Waals surface area contributed by atoms with Crippen molar-refractivity contribution in [3.8, 4) is 45.5 Å². The van der Waals surface area contributed by atoms with Gasteiger partial charge >= 0.3 is 12.6 Å². The molecule has 2 amide bonds. The van der Waals surface area contributed by atoms with Crippen LogP contribution in [0.4, 0.5) is 29.2 Å². The summed E-state index contributed by atoms with van der Waals surface area (Å²) >= 11 is 0. The van der Waals surface area contributed by atoms with E-state index in [1.54, 1.807) is 24.4 Å². The summed E-state index contributed by atoms with van der Waals surface area (Å²) in [5.74, 6) is -0.0460. The molecule has 5 heterocycles. The Labute approximate surface area is 424 Å². The van der Waals surface area contributed by atoms with E-state index in [2.05, 4.69) is 44.5 Å². The van der Waals surface area contributed by atoms with Crippen LogP contribution in [-0.4, -0.2) is 59.2 Å². The van der Waals surface area contributed by atoms with Crippen LogP contribution in [0.1, 0.15) is 42.4 Å². The third kappa shape index (κ3) is 9.26. The molecule has 0 atom stereocenters. The Balaban J connectivity index is 0.000000152. The van der Waals surface area contributed by atoms with E-state index in [0.717, 1.165) is 61.1 Å². The lowest BCUT2D eigenvalue weighted by Gasteiger charge is -2.17. The van der Waals surface area contributed by atoms with Gasteiger partial charge < -0.3 is 29.6 Å². The van der Waals surface area contributed by atoms with Crippen molar-refractivity contribution < 1.29 is 54.5 Å². The average molecular weight is 1040 g/mol. The maximum Gasteiger partial charge on any atom is 0.586 e. The minimum absolute atomic E-state index is 0.0459. The molecule has 15 nitrogen and oxygen atoms in total. The van der Waals surface area contributed by atoms with Crippen molar-refractivity contribution in [2.45, 2.75) is 55.6 Å². The molecule has 6 aromatic carbocycles. The number of carbonyl (C=O) groups is 2. The van der Waals surface area contributed by atoms with Crippen LogP contribution in [0.3, 0.4) is 0 Å². The van der Waals surface area contributed by atoms with Gasteiger partial charge in [0.05, 0.1) is 40.2 Å². The molecule has 2 aliphatic heterocycles. The first-order valence-corrected chi connectivity index (χ1v) is 25.5. The summed E-state index contributed by atoms with van der Waals surface area (Å²) in [6, 6.07) is 41.3. The summed E-state index contributed by atoms with van der Waals surface area (Å²) in [6.45, 7) is 0.170. The Kier molecular flexibility index (Phi) is 11.1. The number of aromatic amines is 1. The molecule has 2 aliphatic carbocycles. The highest BCUT2D eigenvalue weighted by atomic mass is 32.2. The van der Waals surface area contributed by atoms with Gasteiger partial charge in [0.25, 0.3) is 0 Å². The first kappa shape index (κ1) is 47.4. The SMILES string of the molecule is CS(=O)(=O)NCc1ccc(-c2nc(NC(=O)C3(c4ccc5c(c4)OC(F)(F)O5)CC3)cc3ccccc23)cc1.O=C(Nc1cc2ccccc2c(-c2ccc3[nH]ncc3c2)n1)C1(c2ccc3c(c2)OC(F)(F)O3)CC1. The molecular weight excluding hydrogens is 995 g/mol. The summed E-state index contributed by atoms with van der Waals surface area (Å²) in [5.41, 5.74) is 4.25. The fourth-order valence-corrected chi connectivity index (χ4v) is 9.99. The third-order valence-corrected chi connectivity index (χ3v) is 14.4. The summed E-state index contributed by atoms with van der Waals surface area (Å²) in [4.78, 5) is 36.5. The Morgan fingerprint density at radius 2 is 1.05 bits per heavy atom. The molecule has 13 rings (SSSR count). The molecular formula is C55H41F4N7O8S. The number of hydrogen-bond donors (Lipinski definition) is 4. The topological polar surface area (TPSA) is 196 Å². The molecule has 0 bridgehead atoms. The van der Waals surface area contributed by atoms with Crippen molar-refractivity contribution in [1.29, 1.82) is 0 Å². The average Bonchev–Trinajstić information content (AvgIpc) is 4.27. The smallest absolute Gasteiger partial charge is 0.395 e. The summed E-state index contributed by atoms with van der Waals surface area (Å²) < 4.78 is 97.3. The maximum absolute atomic E-state index is 13.5. The standard InChI is InChI=1S/C28H23F2N3O5S.C27H18F2N4O3/c1-39(35,36)31-16-17-6-8-18(9-7-17)25-21-5-3-2-4-19(21)14-24(32-25)33-26(34)27(12-13-27)20-10-11-22-23(15-20)38-28(29,30)37-22;28-27(29)35-21-8-6-18(13-22(21)36-27)26(9-10-26)25(34)32-23-12-15-3-1-2-4-19(15)24(31-23)16-5-7-20-17(11-16)14-30-33-20/h2-11,14-15,31H,12-13,16H2,1H3,(H,32,33,34);1-8,11-14H,9-10H2,(H,30,33)(H,31,32,34). The van der Waals surface area contributed by atoms with Gasteiger partial charge in [0.2, 0.25) is 21.8 Å². The summed E-state index contributed by atoms with van der Waals surface area (Å²) in [6.07, 6.45) is -2.28. The van der Waals surface area contributed by atoms with Crippen molar-refractivity contribution in [2.75, 3.05) is 16.9 Å². The van der Waals surface area contributed by atoms with E-state index in [1.165, 1.54) is 24.3 Å². The van der Waals surface area contributed by atoms with Gasteiger partial charge in [-0.15, -0.1) is 17.6 Å². The molecule has 20 heteroatoms. The number of sulfonamides is 1. The van der Waals surface area contributed by atoms with E-state index in [0.29, 0.717) is 54.1 Å². The third-order valence-electron chi connectivity index (χ3n) is 13.7. The normalized spacial score (nSPS) is 16.8. The molecule has 0 radical (unpaired) electrons. The highest BCUT2D eigenvalue weighted by Crippen LogP contribution is 2.54. The van der Waals surface area contributed by atoms with Crippen molar-refractivity contribution in [3.05, 3.63) is 162 Å². The van der Waals surface area contributed by atoms with E-state index in [1.807, 2.05) is 97.1 Å². The van der Waals surface area contributed by atoms with Gasteiger partial charge in [-0.05, 0) is 102 Å². The molecule has 0 unspecified atom stereocenters. The van der Waals surface area contributed by atoms with Crippen molar-refractivity contribution in [1.82, 2.24) is 24.9 Å². The number of nitrogens with one attached hydrogen (secondary N) is 4. The van der Waals surface area contributed by atoms with Gasteiger partial charge in [0, 0.05) is 33.8 Å². The molecule has 9 aromatic rings. The van der Waals surface area contributed by atoms with Gasteiger partial charge in [0.1, 0.15) is 11.6 Å². The minimum atomic E-state index is -3.73. The largest absolute Gasteiger partial charge is 0.586 e. The number of benzene rings is 6. The number of hydrogen-bond acceptors (Lipinski definition) is 11. The number of rotatable bonds is 11. The number of halogens is 4. The van der Waals surface area contributed by atoms with Crippen molar-refractivity contribution >= 4 is 65.9 Å². The maximum atomic E-state index is 13.5. The lowest BCUT2D eigenvalue weighted by molar-refractivity contribution is -0.287. The number of ether oxygens (including phenoxy) is 4. The fraction of sp³-hybridized carbons (Fsp3) is 0.182. The number of fused-ring (bicyclic) bond motifs is 5. The van der Waals surface area contributed by atoms with Gasteiger partial charge in [0.15, 0.2) is 23.0 Å². The van der Waals surface area contributed by atoms with Crippen LogP contribution in [0.5, 0.6) is 23.0 Å². The Morgan fingerprint density at radius 3 is 1.56 bits per heavy atom. The van der Waals surface area contributed by atoms with Gasteiger partial charge in [-0.25, -0.2) is 23.1 Å². The minimum Gasteiger partial charge on any atom is -0.395 e. The van der Waals surface area contributed by atoms with E-state index in [4.69, 9.17) is 9.97 Å². The van der Waals surface area contributed by atoms with Crippen LogP contribution >= 0.6 is 0 Å². The molecule has 2 saturated carbocycles. The second-order valence-electron chi connectivity index (χ2n) is 18.8. The molecule has 3 aromatic heterocycles. The number of alkyl halides is 4. The summed E-state index contributed by atoms with van der Waals surface area (Å²) in [5, 5.41) is 17.5. The first-order valence-electron chi connectivity index (χ1n) is 23.6. The quantitative estimate of drug-likeness (QED) is 0.0900. The number of H-pyrrole nitrogens is 1. The molecule has 4 aliphatic rings. The number of anilines is 2. The zero-order chi connectivity index (χ0) is 51.9. The Bertz CT molecular complexity index is 3920. The molecule has 2 fully saturated rings. The number of aromatic nitrogens is 4.